The minimum Gasteiger partial charge on any atom is -0.478 e. The minimum absolute atomic E-state index is 0.112. The SMILES string of the molecule is CNCCCN(C)C(=O)Nc1ccc(Br)c(C(=O)O)c1. The van der Waals surface area contributed by atoms with Crippen molar-refractivity contribution < 1.29 is 14.7 Å². The summed E-state index contributed by atoms with van der Waals surface area (Å²) in [6, 6.07) is 4.40. The Morgan fingerprint density at radius 1 is 1.40 bits per heavy atom. The number of amides is 2. The third-order valence-electron chi connectivity index (χ3n) is 2.72. The summed E-state index contributed by atoms with van der Waals surface area (Å²) < 4.78 is 0.477. The summed E-state index contributed by atoms with van der Waals surface area (Å²) >= 11 is 3.16. The monoisotopic (exact) mass is 343 g/mol. The first-order chi connectivity index (χ1) is 9.45. The molecule has 20 heavy (non-hydrogen) atoms. The predicted molar refractivity (Wildman–Crippen MR) is 81.3 cm³/mol. The highest BCUT2D eigenvalue weighted by Gasteiger charge is 2.12. The summed E-state index contributed by atoms with van der Waals surface area (Å²) in [6.07, 6.45) is 0.848. The van der Waals surface area contributed by atoms with Crippen LogP contribution < -0.4 is 10.6 Å². The zero-order valence-corrected chi connectivity index (χ0v) is 13.0. The van der Waals surface area contributed by atoms with Crippen LogP contribution in [0.1, 0.15) is 16.8 Å². The van der Waals surface area contributed by atoms with Gasteiger partial charge in [0.15, 0.2) is 0 Å². The average Bonchev–Trinajstić information content (AvgIpc) is 2.40. The highest BCUT2D eigenvalue weighted by molar-refractivity contribution is 9.10. The topological polar surface area (TPSA) is 81.7 Å². The van der Waals surface area contributed by atoms with E-state index in [2.05, 4.69) is 26.6 Å². The number of nitrogens with zero attached hydrogens (tertiary/aromatic N) is 1. The van der Waals surface area contributed by atoms with Crippen LogP contribution in [0.15, 0.2) is 22.7 Å². The Hall–Kier alpha value is -1.60. The predicted octanol–water partition coefficient (Wildman–Crippen LogP) is 2.22. The number of urea groups is 1. The summed E-state index contributed by atoms with van der Waals surface area (Å²) in [5.41, 5.74) is 0.566. The van der Waals surface area contributed by atoms with Crippen molar-refractivity contribution in [2.45, 2.75) is 6.42 Å². The number of halogens is 1. The Morgan fingerprint density at radius 2 is 2.10 bits per heavy atom. The fourth-order valence-electron chi connectivity index (χ4n) is 1.58. The van der Waals surface area contributed by atoms with E-state index in [1.807, 2.05) is 7.05 Å². The van der Waals surface area contributed by atoms with Crippen LogP contribution in [0.5, 0.6) is 0 Å². The van der Waals surface area contributed by atoms with Crippen molar-refractivity contribution in [2.75, 3.05) is 32.5 Å². The highest BCUT2D eigenvalue weighted by Crippen LogP contribution is 2.21. The van der Waals surface area contributed by atoms with Gasteiger partial charge in [-0.3, -0.25) is 0 Å². The lowest BCUT2D eigenvalue weighted by Crippen LogP contribution is -2.33. The lowest BCUT2D eigenvalue weighted by Gasteiger charge is -2.18. The maximum atomic E-state index is 11.9. The van der Waals surface area contributed by atoms with Gasteiger partial charge in [0, 0.05) is 23.8 Å². The van der Waals surface area contributed by atoms with Crippen molar-refractivity contribution in [2.24, 2.45) is 0 Å². The Labute approximate surface area is 126 Å². The van der Waals surface area contributed by atoms with E-state index in [9.17, 15) is 9.59 Å². The number of nitrogens with one attached hydrogen (secondary N) is 2. The maximum Gasteiger partial charge on any atom is 0.336 e. The molecule has 0 unspecified atom stereocenters. The molecule has 1 rings (SSSR count). The van der Waals surface area contributed by atoms with E-state index in [1.165, 1.54) is 6.07 Å². The van der Waals surface area contributed by atoms with Crippen LogP contribution in [0.3, 0.4) is 0 Å². The molecule has 7 heteroatoms. The van der Waals surface area contributed by atoms with Gasteiger partial charge in [-0.2, -0.15) is 0 Å². The molecule has 0 saturated heterocycles. The Bertz CT molecular complexity index is 494. The van der Waals surface area contributed by atoms with Gasteiger partial charge in [-0.25, -0.2) is 9.59 Å². The molecule has 0 aliphatic heterocycles. The van der Waals surface area contributed by atoms with Crippen LogP contribution in [0.4, 0.5) is 10.5 Å². The summed E-state index contributed by atoms with van der Waals surface area (Å²) in [4.78, 5) is 24.5. The molecule has 0 saturated carbocycles. The van der Waals surface area contributed by atoms with Crippen molar-refractivity contribution in [1.29, 1.82) is 0 Å². The van der Waals surface area contributed by atoms with Crippen molar-refractivity contribution >= 4 is 33.6 Å². The lowest BCUT2D eigenvalue weighted by atomic mass is 10.2. The number of carboxylic acids is 1. The van der Waals surface area contributed by atoms with Gasteiger partial charge < -0.3 is 20.6 Å². The minimum atomic E-state index is -1.05. The quantitative estimate of drug-likeness (QED) is 0.691. The lowest BCUT2D eigenvalue weighted by molar-refractivity contribution is 0.0696. The van der Waals surface area contributed by atoms with Crippen LogP contribution in [0, 0.1) is 0 Å². The molecule has 0 atom stereocenters. The molecule has 0 bridgehead atoms. The van der Waals surface area contributed by atoms with Crippen molar-refractivity contribution in [1.82, 2.24) is 10.2 Å². The number of carboxylic acid groups (broad SMARTS) is 1. The van der Waals surface area contributed by atoms with Gasteiger partial charge in [0.05, 0.1) is 5.56 Å². The number of rotatable bonds is 6. The molecule has 0 aromatic heterocycles. The largest absolute Gasteiger partial charge is 0.478 e. The van der Waals surface area contributed by atoms with E-state index < -0.39 is 5.97 Å². The van der Waals surface area contributed by atoms with Crippen molar-refractivity contribution in [3.05, 3.63) is 28.2 Å². The molecule has 110 valence electrons. The van der Waals surface area contributed by atoms with Gasteiger partial charge in [-0.15, -0.1) is 0 Å². The zero-order valence-electron chi connectivity index (χ0n) is 11.4. The molecule has 0 heterocycles. The summed E-state index contributed by atoms with van der Waals surface area (Å²) in [7, 11) is 3.55. The number of carbonyl (C=O) groups excluding carboxylic acids is 1. The molecule has 6 nitrogen and oxygen atoms in total. The summed E-state index contributed by atoms with van der Waals surface area (Å²) in [6.45, 7) is 1.45. The first-order valence-electron chi connectivity index (χ1n) is 6.15. The number of carbonyl (C=O) groups is 2. The standard InChI is InChI=1S/C13H18BrN3O3/c1-15-6-3-7-17(2)13(20)16-9-4-5-11(14)10(8-9)12(18)19/h4-5,8,15H,3,6-7H2,1-2H3,(H,16,20)(H,18,19). The van der Waals surface area contributed by atoms with E-state index in [0.717, 1.165) is 13.0 Å². The van der Waals surface area contributed by atoms with E-state index >= 15 is 0 Å². The molecule has 2 amide bonds. The average molecular weight is 344 g/mol. The molecular weight excluding hydrogens is 326 g/mol. The van der Waals surface area contributed by atoms with Gasteiger partial charge in [0.2, 0.25) is 0 Å². The zero-order chi connectivity index (χ0) is 15.1. The molecule has 1 aromatic carbocycles. The number of benzene rings is 1. The van der Waals surface area contributed by atoms with Gasteiger partial charge in [0.25, 0.3) is 0 Å². The van der Waals surface area contributed by atoms with Crippen LogP contribution in [0.2, 0.25) is 0 Å². The van der Waals surface area contributed by atoms with Gasteiger partial charge in [-0.1, -0.05) is 0 Å². The molecule has 3 N–H and O–H groups in total. The van der Waals surface area contributed by atoms with Gasteiger partial charge in [0.1, 0.15) is 0 Å². The second-order valence-electron chi connectivity index (χ2n) is 4.31. The van der Waals surface area contributed by atoms with Gasteiger partial charge >= 0.3 is 12.0 Å². The van der Waals surface area contributed by atoms with E-state index in [4.69, 9.17) is 5.11 Å². The van der Waals surface area contributed by atoms with Crippen LogP contribution in [-0.4, -0.2) is 49.2 Å². The molecule has 0 aliphatic carbocycles. The fourth-order valence-corrected chi connectivity index (χ4v) is 2.00. The van der Waals surface area contributed by atoms with E-state index in [1.54, 1.807) is 24.1 Å². The smallest absolute Gasteiger partial charge is 0.336 e. The Kier molecular flexibility index (Phi) is 6.47. The van der Waals surface area contributed by atoms with Crippen LogP contribution in [0.25, 0.3) is 0 Å². The fraction of sp³-hybridized carbons (Fsp3) is 0.385. The van der Waals surface area contributed by atoms with E-state index in [-0.39, 0.29) is 11.6 Å². The molecule has 0 spiro atoms. The molecule has 0 radical (unpaired) electrons. The van der Waals surface area contributed by atoms with Crippen LogP contribution >= 0.6 is 15.9 Å². The Balaban J connectivity index is 2.66. The first kappa shape index (κ1) is 16.5. The third-order valence-corrected chi connectivity index (χ3v) is 3.41. The first-order valence-corrected chi connectivity index (χ1v) is 6.94. The normalized spacial score (nSPS) is 10.2. The number of hydrogen-bond acceptors (Lipinski definition) is 3. The molecule has 0 fully saturated rings. The number of hydrogen-bond donors (Lipinski definition) is 3. The highest BCUT2D eigenvalue weighted by atomic mass is 79.9. The second kappa shape index (κ2) is 7.86. The summed E-state index contributed by atoms with van der Waals surface area (Å²) in [5, 5.41) is 14.7. The van der Waals surface area contributed by atoms with Gasteiger partial charge in [-0.05, 0) is 54.1 Å². The Morgan fingerprint density at radius 3 is 2.70 bits per heavy atom. The van der Waals surface area contributed by atoms with Crippen molar-refractivity contribution in [3.8, 4) is 0 Å². The molecular formula is C13H18BrN3O3. The van der Waals surface area contributed by atoms with Crippen molar-refractivity contribution in [3.63, 3.8) is 0 Å². The number of anilines is 1. The number of aromatic carboxylic acids is 1. The molecule has 0 aliphatic rings. The third kappa shape index (κ3) is 4.82. The van der Waals surface area contributed by atoms with Crippen LogP contribution in [-0.2, 0) is 0 Å². The summed E-state index contributed by atoms with van der Waals surface area (Å²) in [5.74, 6) is -1.05. The van der Waals surface area contributed by atoms with E-state index in [0.29, 0.717) is 16.7 Å². The maximum absolute atomic E-state index is 11.9. The molecule has 1 aromatic rings. The second-order valence-corrected chi connectivity index (χ2v) is 5.16.